The predicted molar refractivity (Wildman–Crippen MR) is 37.2 cm³/mol. The Hall–Kier alpha value is -1.05. The molecular formula is C8H8FO. The Balaban J connectivity index is 2.75. The van der Waals surface area contributed by atoms with Crippen molar-refractivity contribution in [3.05, 3.63) is 36.7 Å². The maximum absolute atomic E-state index is 11.5. The molecule has 0 amide bonds. The third-order valence-electron chi connectivity index (χ3n) is 1.17. The topological polar surface area (TPSA) is 9.23 Å². The lowest BCUT2D eigenvalue weighted by Gasteiger charge is -1.98. The normalized spacial score (nSPS) is 9.40. The van der Waals surface area contributed by atoms with E-state index < -0.39 is 0 Å². The number of halogens is 1. The van der Waals surface area contributed by atoms with Crippen molar-refractivity contribution in [2.45, 2.75) is 6.92 Å². The molecule has 0 aliphatic carbocycles. The highest BCUT2D eigenvalue weighted by Gasteiger charge is 1.90. The van der Waals surface area contributed by atoms with Crippen molar-refractivity contribution >= 4 is 0 Å². The lowest BCUT2D eigenvalue weighted by Crippen LogP contribution is -1.83. The molecule has 1 nitrogen and oxygen atoms in total. The molecule has 1 aromatic carbocycles. The molecule has 0 saturated carbocycles. The highest BCUT2D eigenvalue weighted by Crippen LogP contribution is 2.12. The molecule has 1 rings (SSSR count). The quantitative estimate of drug-likeness (QED) is 0.611. The fraction of sp³-hybridized carbons (Fsp3) is 0.125. The first-order valence-electron chi connectivity index (χ1n) is 2.98. The Bertz CT molecular complexity index is 210. The summed E-state index contributed by atoms with van der Waals surface area (Å²) in [6.45, 7) is 2.10. The second-order valence-corrected chi connectivity index (χ2v) is 2.02. The first kappa shape index (κ1) is 7.06. The number of hydrogen-bond acceptors (Lipinski definition) is 1. The molecule has 0 N–H and O–H groups in total. The zero-order valence-corrected chi connectivity index (χ0v) is 5.67. The Morgan fingerprint density at radius 1 is 1.50 bits per heavy atom. The standard InChI is InChI=1S/C8H8FO/c1-7-3-2-4-8(5-7)10-6-9/h2-6H,1H3. The van der Waals surface area contributed by atoms with Crippen LogP contribution in [0, 0.1) is 13.8 Å². The summed E-state index contributed by atoms with van der Waals surface area (Å²) in [5, 5.41) is 0. The lowest BCUT2D eigenvalue weighted by molar-refractivity contribution is 0.286. The summed E-state index contributed by atoms with van der Waals surface area (Å²) in [6, 6.07) is 7.19. The van der Waals surface area contributed by atoms with Crippen LogP contribution >= 0.6 is 0 Å². The molecule has 0 atom stereocenters. The Morgan fingerprint density at radius 3 is 2.90 bits per heavy atom. The maximum Gasteiger partial charge on any atom is 0.304 e. The maximum atomic E-state index is 11.5. The van der Waals surface area contributed by atoms with Crippen molar-refractivity contribution in [1.29, 1.82) is 0 Å². The summed E-state index contributed by atoms with van der Waals surface area (Å²) < 4.78 is 16.0. The van der Waals surface area contributed by atoms with E-state index in [1.807, 2.05) is 19.1 Å². The van der Waals surface area contributed by atoms with Crippen LogP contribution in [0.1, 0.15) is 5.56 Å². The average Bonchev–Trinajstić information content (AvgIpc) is 1.88. The van der Waals surface area contributed by atoms with E-state index in [0.717, 1.165) is 5.56 Å². The van der Waals surface area contributed by atoms with Crippen LogP contribution in [0.5, 0.6) is 5.75 Å². The highest BCUT2D eigenvalue weighted by molar-refractivity contribution is 5.27. The van der Waals surface area contributed by atoms with Crippen LogP contribution < -0.4 is 4.74 Å². The van der Waals surface area contributed by atoms with Crippen molar-refractivity contribution in [1.82, 2.24) is 0 Å². The second-order valence-electron chi connectivity index (χ2n) is 2.02. The number of benzene rings is 1. The zero-order chi connectivity index (χ0) is 7.40. The van der Waals surface area contributed by atoms with Crippen molar-refractivity contribution < 1.29 is 9.13 Å². The Labute approximate surface area is 59.4 Å². The van der Waals surface area contributed by atoms with Gasteiger partial charge in [-0.25, -0.2) is 0 Å². The first-order chi connectivity index (χ1) is 4.83. The molecule has 2 heteroatoms. The minimum Gasteiger partial charge on any atom is -0.454 e. The summed E-state index contributed by atoms with van der Waals surface area (Å²) in [7, 11) is 0. The fourth-order valence-electron chi connectivity index (χ4n) is 0.740. The average molecular weight is 139 g/mol. The fourth-order valence-corrected chi connectivity index (χ4v) is 0.740. The first-order valence-corrected chi connectivity index (χ1v) is 2.98. The van der Waals surface area contributed by atoms with Gasteiger partial charge < -0.3 is 4.74 Å². The summed E-state index contributed by atoms with van der Waals surface area (Å²) in [5.41, 5.74) is 1.05. The third kappa shape index (κ3) is 1.72. The molecule has 0 saturated heterocycles. The van der Waals surface area contributed by atoms with E-state index in [9.17, 15) is 4.39 Å². The number of aryl methyl sites for hydroxylation is 1. The Morgan fingerprint density at radius 2 is 2.30 bits per heavy atom. The molecule has 10 heavy (non-hydrogen) atoms. The molecule has 53 valence electrons. The van der Waals surface area contributed by atoms with Gasteiger partial charge in [0.2, 0.25) is 0 Å². The van der Waals surface area contributed by atoms with Gasteiger partial charge in [-0.3, -0.25) is 0 Å². The van der Waals surface area contributed by atoms with Crippen molar-refractivity contribution in [2.75, 3.05) is 0 Å². The predicted octanol–water partition coefficient (Wildman–Crippen LogP) is 2.46. The van der Waals surface area contributed by atoms with E-state index >= 15 is 0 Å². The third-order valence-corrected chi connectivity index (χ3v) is 1.17. The van der Waals surface area contributed by atoms with Crippen LogP contribution in [-0.4, -0.2) is 0 Å². The molecule has 0 bridgehead atoms. The number of hydrogen-bond donors (Lipinski definition) is 0. The number of ether oxygens (including phenoxy) is 1. The van der Waals surface area contributed by atoms with E-state index in [1.54, 1.807) is 12.1 Å². The molecule has 0 fully saturated rings. The number of rotatable bonds is 2. The van der Waals surface area contributed by atoms with Gasteiger partial charge in [0, 0.05) is 0 Å². The van der Waals surface area contributed by atoms with E-state index in [4.69, 9.17) is 0 Å². The molecule has 0 aliphatic rings. The Kier molecular flexibility index (Phi) is 2.26. The van der Waals surface area contributed by atoms with Crippen LogP contribution in [0.4, 0.5) is 4.39 Å². The zero-order valence-electron chi connectivity index (χ0n) is 5.67. The SMILES string of the molecule is Cc1cccc(O[CH]F)c1. The highest BCUT2D eigenvalue weighted by atomic mass is 19.1. The van der Waals surface area contributed by atoms with Crippen molar-refractivity contribution in [3.8, 4) is 5.75 Å². The summed E-state index contributed by atoms with van der Waals surface area (Å²) in [5.74, 6) is 0.530. The molecule has 0 spiro atoms. The molecule has 0 aromatic heterocycles. The monoisotopic (exact) mass is 139 g/mol. The smallest absolute Gasteiger partial charge is 0.304 e. The molecule has 1 aromatic rings. The van der Waals surface area contributed by atoms with Crippen LogP contribution in [0.2, 0.25) is 0 Å². The summed E-state index contributed by atoms with van der Waals surface area (Å²) >= 11 is 0. The van der Waals surface area contributed by atoms with E-state index in [2.05, 4.69) is 4.74 Å². The lowest BCUT2D eigenvalue weighted by atomic mass is 10.2. The van der Waals surface area contributed by atoms with E-state index in [-0.39, 0.29) is 6.86 Å². The van der Waals surface area contributed by atoms with Crippen LogP contribution in [0.25, 0.3) is 0 Å². The van der Waals surface area contributed by atoms with Gasteiger partial charge in [-0.2, -0.15) is 4.39 Å². The second kappa shape index (κ2) is 3.20. The molecule has 0 aliphatic heterocycles. The van der Waals surface area contributed by atoms with Gasteiger partial charge in [-0.05, 0) is 24.6 Å². The van der Waals surface area contributed by atoms with Crippen LogP contribution in [-0.2, 0) is 0 Å². The van der Waals surface area contributed by atoms with Gasteiger partial charge in [0.05, 0.1) is 0 Å². The molecular weight excluding hydrogens is 131 g/mol. The van der Waals surface area contributed by atoms with Gasteiger partial charge in [-0.15, -0.1) is 0 Å². The van der Waals surface area contributed by atoms with Gasteiger partial charge in [-0.1, -0.05) is 12.1 Å². The molecule has 0 unspecified atom stereocenters. The van der Waals surface area contributed by atoms with Gasteiger partial charge in [0.25, 0.3) is 0 Å². The minimum atomic E-state index is 0.175. The summed E-state index contributed by atoms with van der Waals surface area (Å²) in [6.07, 6.45) is 0. The van der Waals surface area contributed by atoms with Crippen molar-refractivity contribution in [2.24, 2.45) is 0 Å². The van der Waals surface area contributed by atoms with Gasteiger partial charge in [0.15, 0.2) is 0 Å². The minimum absolute atomic E-state index is 0.175. The summed E-state index contributed by atoms with van der Waals surface area (Å²) in [4.78, 5) is 0. The van der Waals surface area contributed by atoms with Gasteiger partial charge >= 0.3 is 6.86 Å². The van der Waals surface area contributed by atoms with E-state index in [1.165, 1.54) is 0 Å². The molecule has 1 radical (unpaired) electrons. The van der Waals surface area contributed by atoms with E-state index in [0.29, 0.717) is 5.75 Å². The van der Waals surface area contributed by atoms with Crippen LogP contribution in [0.15, 0.2) is 24.3 Å². The van der Waals surface area contributed by atoms with Crippen LogP contribution in [0.3, 0.4) is 0 Å². The van der Waals surface area contributed by atoms with Crippen molar-refractivity contribution in [3.63, 3.8) is 0 Å². The largest absolute Gasteiger partial charge is 0.454 e. The van der Waals surface area contributed by atoms with Gasteiger partial charge in [0.1, 0.15) is 5.75 Å². The molecule has 0 heterocycles.